The second kappa shape index (κ2) is 5.40. The van der Waals surface area contributed by atoms with Crippen LogP contribution in [0.2, 0.25) is 0 Å². The van der Waals surface area contributed by atoms with E-state index >= 15 is 0 Å². The lowest BCUT2D eigenvalue weighted by Crippen LogP contribution is -2.59. The van der Waals surface area contributed by atoms with Gasteiger partial charge in [-0.25, -0.2) is 0 Å². The molecular weight excluding hydrogens is 256 g/mol. The van der Waals surface area contributed by atoms with Crippen molar-refractivity contribution in [3.63, 3.8) is 0 Å². The number of nitrogens with two attached hydrogens (primary N) is 1. The van der Waals surface area contributed by atoms with Crippen LogP contribution in [-0.4, -0.2) is 19.1 Å². The molecule has 2 fully saturated rings. The zero-order valence-electron chi connectivity index (χ0n) is 13.0. The third-order valence-corrected chi connectivity index (χ3v) is 6.44. The number of benzene rings is 1. The van der Waals surface area contributed by atoms with Crippen molar-refractivity contribution in [3.8, 4) is 0 Å². The van der Waals surface area contributed by atoms with Gasteiger partial charge in [0.15, 0.2) is 0 Å². The third kappa shape index (κ3) is 2.07. The zero-order valence-corrected chi connectivity index (χ0v) is 13.0. The first-order chi connectivity index (χ1) is 10.3. The summed E-state index contributed by atoms with van der Waals surface area (Å²) in [5.74, 6) is 0.886. The van der Waals surface area contributed by atoms with Crippen LogP contribution in [0.3, 0.4) is 0 Å². The first-order valence-corrected chi connectivity index (χ1v) is 8.90. The molecule has 1 saturated carbocycles. The standard InChI is InChI=1S/C19H28N2/c20-11-4-6-14-5-3-8-16-15(14)13-18-17-7-1-2-9-19(16,17)10-12-21-18/h3,5,8,17-18,21H,1-2,4,6-7,9-13,20H2/t17-,18+,19-/m0/s1. The van der Waals surface area contributed by atoms with Crippen LogP contribution in [0.15, 0.2) is 18.2 Å². The van der Waals surface area contributed by atoms with Crippen molar-refractivity contribution >= 4 is 0 Å². The monoisotopic (exact) mass is 284 g/mol. The Hall–Kier alpha value is -0.860. The van der Waals surface area contributed by atoms with Gasteiger partial charge in [0.1, 0.15) is 0 Å². The molecule has 0 unspecified atom stereocenters. The highest BCUT2D eigenvalue weighted by Crippen LogP contribution is 2.54. The van der Waals surface area contributed by atoms with Crippen LogP contribution in [0.5, 0.6) is 0 Å². The van der Waals surface area contributed by atoms with Crippen LogP contribution in [0.4, 0.5) is 0 Å². The number of aryl methyl sites for hydroxylation is 1. The summed E-state index contributed by atoms with van der Waals surface area (Å²) in [4.78, 5) is 0. The zero-order chi connectivity index (χ0) is 14.3. The van der Waals surface area contributed by atoms with Crippen molar-refractivity contribution in [3.05, 3.63) is 34.9 Å². The van der Waals surface area contributed by atoms with Crippen LogP contribution < -0.4 is 11.1 Å². The molecule has 0 radical (unpaired) electrons. The number of hydrogen-bond acceptors (Lipinski definition) is 2. The second-order valence-corrected chi connectivity index (χ2v) is 7.36. The molecule has 1 aromatic rings. The Morgan fingerprint density at radius 3 is 3.10 bits per heavy atom. The van der Waals surface area contributed by atoms with Gasteiger partial charge in [-0.3, -0.25) is 0 Å². The minimum Gasteiger partial charge on any atom is -0.330 e. The predicted molar refractivity (Wildman–Crippen MR) is 87.6 cm³/mol. The van der Waals surface area contributed by atoms with Crippen molar-refractivity contribution in [2.45, 2.75) is 62.8 Å². The van der Waals surface area contributed by atoms with Crippen molar-refractivity contribution in [1.29, 1.82) is 0 Å². The van der Waals surface area contributed by atoms with E-state index in [-0.39, 0.29) is 0 Å². The molecule has 4 rings (SSSR count). The van der Waals surface area contributed by atoms with Crippen molar-refractivity contribution in [1.82, 2.24) is 5.32 Å². The van der Waals surface area contributed by atoms with Crippen LogP contribution in [-0.2, 0) is 18.3 Å². The Morgan fingerprint density at radius 1 is 1.24 bits per heavy atom. The Labute approximate surface area is 128 Å². The molecule has 2 heteroatoms. The molecule has 0 aromatic heterocycles. The van der Waals surface area contributed by atoms with E-state index in [1.165, 1.54) is 45.1 Å². The maximum Gasteiger partial charge on any atom is 0.0144 e. The van der Waals surface area contributed by atoms with E-state index in [1.807, 2.05) is 0 Å². The van der Waals surface area contributed by atoms with Gasteiger partial charge in [-0.1, -0.05) is 31.0 Å². The van der Waals surface area contributed by atoms with Gasteiger partial charge in [-0.05, 0) is 74.2 Å². The van der Waals surface area contributed by atoms with Gasteiger partial charge in [-0.2, -0.15) is 0 Å². The first kappa shape index (κ1) is 13.8. The highest BCUT2D eigenvalue weighted by atomic mass is 15.0. The summed E-state index contributed by atoms with van der Waals surface area (Å²) in [5.41, 5.74) is 11.2. The minimum atomic E-state index is 0.500. The summed E-state index contributed by atoms with van der Waals surface area (Å²) in [6.07, 6.45) is 10.6. The minimum absolute atomic E-state index is 0.500. The molecule has 114 valence electrons. The molecule has 0 amide bonds. The van der Waals surface area contributed by atoms with Crippen LogP contribution in [0, 0.1) is 5.92 Å². The highest BCUT2D eigenvalue weighted by molar-refractivity contribution is 5.45. The quantitative estimate of drug-likeness (QED) is 0.895. The van der Waals surface area contributed by atoms with E-state index in [1.54, 1.807) is 16.7 Å². The maximum atomic E-state index is 5.74. The molecule has 1 aromatic carbocycles. The van der Waals surface area contributed by atoms with Gasteiger partial charge in [0.2, 0.25) is 0 Å². The smallest absolute Gasteiger partial charge is 0.0144 e. The molecular formula is C19H28N2. The molecule has 3 N–H and O–H groups in total. The van der Waals surface area contributed by atoms with E-state index in [9.17, 15) is 0 Å². The SMILES string of the molecule is NCCCc1cccc2c1C[C@H]1NCC[C@@]23CCCC[C@@H]13. The first-order valence-electron chi connectivity index (χ1n) is 8.90. The molecule has 3 atom stereocenters. The summed E-state index contributed by atoms with van der Waals surface area (Å²) in [7, 11) is 0. The van der Waals surface area contributed by atoms with Gasteiger partial charge < -0.3 is 11.1 Å². The fraction of sp³-hybridized carbons (Fsp3) is 0.684. The van der Waals surface area contributed by atoms with Crippen LogP contribution in [0.1, 0.15) is 55.2 Å². The average Bonchev–Trinajstić information content (AvgIpc) is 2.53. The Kier molecular flexibility index (Phi) is 3.55. The normalized spacial score (nSPS) is 34.1. The van der Waals surface area contributed by atoms with Gasteiger partial charge in [0.25, 0.3) is 0 Å². The molecule has 2 aliphatic carbocycles. The van der Waals surface area contributed by atoms with Gasteiger partial charge >= 0.3 is 0 Å². The highest BCUT2D eigenvalue weighted by Gasteiger charge is 2.51. The van der Waals surface area contributed by atoms with E-state index in [0.29, 0.717) is 5.41 Å². The topological polar surface area (TPSA) is 38.0 Å². The average molecular weight is 284 g/mol. The van der Waals surface area contributed by atoms with E-state index < -0.39 is 0 Å². The van der Waals surface area contributed by atoms with Crippen molar-refractivity contribution in [2.75, 3.05) is 13.1 Å². The fourth-order valence-electron chi connectivity index (χ4n) is 5.56. The Morgan fingerprint density at radius 2 is 2.19 bits per heavy atom. The summed E-state index contributed by atoms with van der Waals surface area (Å²) < 4.78 is 0. The summed E-state index contributed by atoms with van der Waals surface area (Å²) in [6.45, 7) is 2.02. The predicted octanol–water partition coefficient (Wildman–Crippen LogP) is 2.92. The van der Waals surface area contributed by atoms with E-state index in [2.05, 4.69) is 23.5 Å². The third-order valence-electron chi connectivity index (χ3n) is 6.44. The molecule has 2 nitrogen and oxygen atoms in total. The summed E-state index contributed by atoms with van der Waals surface area (Å²) >= 11 is 0. The summed E-state index contributed by atoms with van der Waals surface area (Å²) in [5, 5.41) is 3.84. The van der Waals surface area contributed by atoms with E-state index in [4.69, 9.17) is 5.73 Å². The summed E-state index contributed by atoms with van der Waals surface area (Å²) in [6, 6.07) is 7.85. The lowest BCUT2D eigenvalue weighted by atomic mass is 9.52. The molecule has 1 aliphatic heterocycles. The lowest BCUT2D eigenvalue weighted by Gasteiger charge is -2.56. The maximum absolute atomic E-state index is 5.74. The Bertz CT molecular complexity index is 520. The lowest BCUT2D eigenvalue weighted by molar-refractivity contribution is 0.0795. The van der Waals surface area contributed by atoms with Crippen LogP contribution >= 0.6 is 0 Å². The molecule has 1 heterocycles. The van der Waals surface area contributed by atoms with E-state index in [0.717, 1.165) is 31.3 Å². The van der Waals surface area contributed by atoms with Crippen molar-refractivity contribution in [2.24, 2.45) is 11.7 Å². The number of hydrogen-bond donors (Lipinski definition) is 2. The Balaban J connectivity index is 1.80. The van der Waals surface area contributed by atoms with Gasteiger partial charge in [0, 0.05) is 11.5 Å². The number of rotatable bonds is 3. The molecule has 21 heavy (non-hydrogen) atoms. The molecule has 0 spiro atoms. The molecule has 3 aliphatic rings. The second-order valence-electron chi connectivity index (χ2n) is 7.36. The largest absolute Gasteiger partial charge is 0.330 e. The van der Waals surface area contributed by atoms with Crippen LogP contribution in [0.25, 0.3) is 0 Å². The number of fused-ring (bicyclic) bond motifs is 1. The molecule has 1 saturated heterocycles. The van der Waals surface area contributed by atoms with Crippen molar-refractivity contribution < 1.29 is 0 Å². The molecule has 2 bridgehead atoms. The number of nitrogens with one attached hydrogen (secondary N) is 1. The number of piperidine rings is 1. The van der Waals surface area contributed by atoms with Gasteiger partial charge in [0.05, 0.1) is 0 Å². The van der Waals surface area contributed by atoms with Gasteiger partial charge in [-0.15, -0.1) is 0 Å². The fourth-order valence-corrected chi connectivity index (χ4v) is 5.56.